The average molecular weight is 527 g/mol. The van der Waals surface area contributed by atoms with E-state index in [2.05, 4.69) is 112 Å². The number of para-hydroxylation sites is 1. The summed E-state index contributed by atoms with van der Waals surface area (Å²) in [4.78, 5) is 14.1. The second kappa shape index (κ2) is 9.60. The highest BCUT2D eigenvalue weighted by molar-refractivity contribution is 6.10. The number of rotatable bonds is 4. The number of nitrogens with zero attached hydrogens (tertiary/aromatic N) is 4. The van der Waals surface area contributed by atoms with E-state index in [1.165, 1.54) is 10.8 Å². The molecule has 0 fully saturated rings. The lowest BCUT2D eigenvalue weighted by Crippen LogP contribution is -2.13. The van der Waals surface area contributed by atoms with Crippen LogP contribution in [0.2, 0.25) is 0 Å². The molecule has 0 bridgehead atoms. The Morgan fingerprint density at radius 1 is 0.625 bits per heavy atom. The molecular formula is C35H34N4O. The summed E-state index contributed by atoms with van der Waals surface area (Å²) in [7, 11) is 0. The van der Waals surface area contributed by atoms with Crippen LogP contribution in [0.15, 0.2) is 97.5 Å². The molecule has 0 radical (unpaired) electrons. The van der Waals surface area contributed by atoms with Gasteiger partial charge in [-0.25, -0.2) is 15.0 Å². The molecule has 0 unspecified atom stereocenters. The lowest BCUT2D eigenvalue weighted by Gasteiger charge is -2.21. The summed E-state index contributed by atoms with van der Waals surface area (Å²) in [5, 5.41) is 2.34. The molecule has 5 nitrogen and oxygen atoms in total. The number of benzene rings is 3. The third-order valence-electron chi connectivity index (χ3n) is 7.34. The molecule has 3 aromatic carbocycles. The predicted octanol–water partition coefficient (Wildman–Crippen LogP) is 9.02. The van der Waals surface area contributed by atoms with Crippen molar-refractivity contribution >= 4 is 21.8 Å². The summed E-state index contributed by atoms with van der Waals surface area (Å²) < 4.78 is 8.49. The molecule has 0 saturated heterocycles. The van der Waals surface area contributed by atoms with Gasteiger partial charge in [0.1, 0.15) is 5.75 Å². The third kappa shape index (κ3) is 4.73. The largest absolute Gasteiger partial charge is 0.439 e. The van der Waals surface area contributed by atoms with Crippen molar-refractivity contribution in [3.63, 3.8) is 0 Å². The highest BCUT2D eigenvalue weighted by Crippen LogP contribution is 2.36. The van der Waals surface area contributed by atoms with E-state index in [1.807, 2.05) is 30.6 Å². The van der Waals surface area contributed by atoms with E-state index in [1.54, 1.807) is 6.20 Å². The van der Waals surface area contributed by atoms with E-state index >= 15 is 0 Å². The second-order valence-electron chi connectivity index (χ2n) is 12.3. The predicted molar refractivity (Wildman–Crippen MR) is 164 cm³/mol. The second-order valence-corrected chi connectivity index (χ2v) is 12.3. The van der Waals surface area contributed by atoms with Crippen LogP contribution < -0.4 is 4.74 Å². The van der Waals surface area contributed by atoms with Crippen LogP contribution in [-0.4, -0.2) is 19.5 Å². The van der Waals surface area contributed by atoms with Crippen LogP contribution in [0.25, 0.3) is 38.9 Å². The van der Waals surface area contributed by atoms with Crippen molar-refractivity contribution in [2.45, 2.75) is 52.4 Å². The minimum absolute atomic E-state index is 0.0114. The summed E-state index contributed by atoms with van der Waals surface area (Å²) in [6.07, 6.45) is 5.66. The molecule has 0 amide bonds. The summed E-state index contributed by atoms with van der Waals surface area (Å²) in [5.41, 5.74) is 6.39. The van der Waals surface area contributed by atoms with Crippen molar-refractivity contribution in [3.8, 4) is 28.7 Å². The zero-order valence-corrected chi connectivity index (χ0v) is 23.9. The molecule has 0 N–H and O–H groups in total. The molecule has 0 aliphatic rings. The van der Waals surface area contributed by atoms with Gasteiger partial charge in [-0.1, -0.05) is 90.1 Å². The Hall–Kier alpha value is -4.51. The van der Waals surface area contributed by atoms with Gasteiger partial charge in [0, 0.05) is 34.9 Å². The third-order valence-corrected chi connectivity index (χ3v) is 7.34. The Kier molecular flexibility index (Phi) is 6.18. The lowest BCUT2D eigenvalue weighted by molar-refractivity contribution is 0.437. The van der Waals surface area contributed by atoms with Crippen molar-refractivity contribution in [1.29, 1.82) is 0 Å². The first kappa shape index (κ1) is 25.8. The minimum atomic E-state index is -0.0766. The van der Waals surface area contributed by atoms with Gasteiger partial charge in [0.2, 0.25) is 11.8 Å². The highest BCUT2D eigenvalue weighted by Gasteiger charge is 2.21. The van der Waals surface area contributed by atoms with Crippen molar-refractivity contribution in [3.05, 3.63) is 109 Å². The Bertz CT molecular complexity index is 1840. The smallest absolute Gasteiger partial charge is 0.234 e. The van der Waals surface area contributed by atoms with Gasteiger partial charge in [-0.15, -0.1) is 0 Å². The average Bonchev–Trinajstić information content (AvgIpc) is 3.26. The van der Waals surface area contributed by atoms with Crippen LogP contribution in [0.1, 0.15) is 52.7 Å². The first-order valence-corrected chi connectivity index (χ1v) is 13.7. The van der Waals surface area contributed by atoms with Gasteiger partial charge in [-0.3, -0.25) is 4.57 Å². The number of hydrogen-bond acceptors (Lipinski definition) is 4. The minimum Gasteiger partial charge on any atom is -0.439 e. The molecule has 0 saturated carbocycles. The number of aromatic nitrogens is 4. The van der Waals surface area contributed by atoms with Crippen LogP contribution >= 0.6 is 0 Å². The Morgan fingerprint density at radius 2 is 1.35 bits per heavy atom. The van der Waals surface area contributed by atoms with Gasteiger partial charge in [0.15, 0.2) is 0 Å². The number of hydrogen-bond donors (Lipinski definition) is 0. The van der Waals surface area contributed by atoms with Crippen LogP contribution in [0.5, 0.6) is 11.6 Å². The van der Waals surface area contributed by atoms with E-state index in [4.69, 9.17) is 14.7 Å². The van der Waals surface area contributed by atoms with Crippen LogP contribution in [0.3, 0.4) is 0 Å². The van der Waals surface area contributed by atoms with Crippen molar-refractivity contribution in [2.75, 3.05) is 0 Å². The normalized spacial score (nSPS) is 12.2. The SMILES string of the molecule is CC(C)(C)c1cnc(-n2c3ccccc3c3ccc(-c4cccc(Oc5ncccc5C(C)(C)C)c4)cc32)nc1. The first-order chi connectivity index (χ1) is 19.1. The molecule has 200 valence electrons. The Balaban J connectivity index is 1.45. The molecule has 5 heteroatoms. The fourth-order valence-corrected chi connectivity index (χ4v) is 5.08. The first-order valence-electron chi connectivity index (χ1n) is 13.7. The summed E-state index contributed by atoms with van der Waals surface area (Å²) in [6.45, 7) is 13.0. The van der Waals surface area contributed by atoms with Crippen LogP contribution in [-0.2, 0) is 10.8 Å². The molecule has 0 spiro atoms. The molecule has 0 aliphatic carbocycles. The van der Waals surface area contributed by atoms with E-state index in [-0.39, 0.29) is 10.8 Å². The lowest BCUT2D eigenvalue weighted by atomic mass is 9.88. The molecule has 6 aromatic rings. The Morgan fingerprint density at radius 3 is 2.10 bits per heavy atom. The fraction of sp³-hybridized carbons (Fsp3) is 0.229. The molecule has 6 rings (SSSR count). The molecule has 0 aliphatic heterocycles. The van der Waals surface area contributed by atoms with Gasteiger partial charge in [-0.05, 0) is 57.9 Å². The van der Waals surface area contributed by atoms with E-state index < -0.39 is 0 Å². The summed E-state index contributed by atoms with van der Waals surface area (Å²) in [5.74, 6) is 2.06. The summed E-state index contributed by atoms with van der Waals surface area (Å²) in [6, 6.07) is 27.2. The fourth-order valence-electron chi connectivity index (χ4n) is 5.08. The van der Waals surface area contributed by atoms with E-state index in [9.17, 15) is 0 Å². The number of pyridine rings is 1. The maximum atomic E-state index is 6.33. The molecule has 0 atom stereocenters. The van der Waals surface area contributed by atoms with Crippen LogP contribution in [0, 0.1) is 0 Å². The van der Waals surface area contributed by atoms with Crippen molar-refractivity contribution < 1.29 is 4.74 Å². The topological polar surface area (TPSA) is 52.8 Å². The van der Waals surface area contributed by atoms with Gasteiger partial charge < -0.3 is 4.74 Å². The van der Waals surface area contributed by atoms with Gasteiger partial charge in [0.25, 0.3) is 0 Å². The van der Waals surface area contributed by atoms with Crippen LogP contribution in [0.4, 0.5) is 0 Å². The van der Waals surface area contributed by atoms with Gasteiger partial charge in [-0.2, -0.15) is 0 Å². The monoisotopic (exact) mass is 526 g/mol. The number of fused-ring (bicyclic) bond motifs is 3. The zero-order valence-electron chi connectivity index (χ0n) is 23.9. The zero-order chi connectivity index (χ0) is 28.1. The standard InChI is InChI=1S/C35H34N4O/c1-34(2,3)25-21-37-33(38-22-25)39-30-15-8-7-13-27(30)28-17-16-24(20-31(28)39)23-11-9-12-26(19-23)40-32-29(35(4,5)6)14-10-18-36-32/h7-22H,1-6H3. The quantitative estimate of drug-likeness (QED) is 0.230. The summed E-state index contributed by atoms with van der Waals surface area (Å²) >= 11 is 0. The maximum absolute atomic E-state index is 6.33. The molecule has 3 heterocycles. The van der Waals surface area contributed by atoms with Crippen molar-refractivity contribution in [1.82, 2.24) is 19.5 Å². The van der Waals surface area contributed by atoms with Gasteiger partial charge in [0.05, 0.1) is 11.0 Å². The van der Waals surface area contributed by atoms with E-state index in [0.717, 1.165) is 39.0 Å². The Labute approximate surface area is 235 Å². The van der Waals surface area contributed by atoms with Crippen molar-refractivity contribution in [2.24, 2.45) is 0 Å². The molecule has 40 heavy (non-hydrogen) atoms. The number of ether oxygens (including phenoxy) is 1. The molecule has 3 aromatic heterocycles. The highest BCUT2D eigenvalue weighted by atomic mass is 16.5. The maximum Gasteiger partial charge on any atom is 0.234 e. The van der Waals surface area contributed by atoms with Gasteiger partial charge >= 0.3 is 0 Å². The van der Waals surface area contributed by atoms with E-state index in [0.29, 0.717) is 11.8 Å². The molecular weight excluding hydrogens is 492 g/mol.